The molecule has 0 N–H and O–H groups in total. The number of hydrogen-bond acceptors (Lipinski definition) is 1. The highest BCUT2D eigenvalue weighted by molar-refractivity contribution is 6.09. The van der Waals surface area contributed by atoms with E-state index in [0.717, 1.165) is 17.1 Å². The number of benzene rings is 10. The molecule has 0 aromatic heterocycles. The predicted octanol–water partition coefficient (Wildman–Crippen LogP) is 16.8. The van der Waals surface area contributed by atoms with Crippen molar-refractivity contribution in [1.82, 2.24) is 0 Å². The van der Waals surface area contributed by atoms with Crippen molar-refractivity contribution in [3.05, 3.63) is 246 Å². The molecule has 1 heteroatoms. The van der Waals surface area contributed by atoms with E-state index in [0.29, 0.717) is 0 Å². The Morgan fingerprint density at radius 2 is 0.774 bits per heavy atom. The van der Waals surface area contributed by atoms with E-state index in [9.17, 15) is 0 Å². The molecule has 0 atom stereocenters. The third-order valence-electron chi connectivity index (χ3n) is 13.2. The van der Waals surface area contributed by atoms with E-state index in [1.807, 2.05) is 0 Å². The highest BCUT2D eigenvalue weighted by Gasteiger charge is 2.39. The van der Waals surface area contributed by atoms with Gasteiger partial charge in [0.05, 0.1) is 0 Å². The Bertz CT molecular complexity index is 3290. The second kappa shape index (κ2) is 14.9. The fraction of sp³-hybridized carbons (Fsp3) is 0.0820. The van der Waals surface area contributed by atoms with Crippen LogP contribution in [-0.2, 0) is 5.41 Å². The molecule has 0 aliphatic heterocycles. The van der Waals surface area contributed by atoms with Crippen molar-refractivity contribution < 1.29 is 0 Å². The summed E-state index contributed by atoms with van der Waals surface area (Å²) in [5.74, 6) is 0. The molecule has 10 aromatic rings. The largest absolute Gasteiger partial charge is 0.310 e. The van der Waals surface area contributed by atoms with Gasteiger partial charge in [0.2, 0.25) is 0 Å². The third kappa shape index (κ3) is 6.41. The molecule has 0 amide bonds. The lowest BCUT2D eigenvalue weighted by atomic mass is 9.77. The SMILES string of the molecule is Cc1ccc(C2=C(c3ccc(C)cc3)C(C)(C)c3cc(-c4ccc(-c5ccc(N(c6ccc7ccccc7c6)c6ccc7ccccc7c6)cc5)c5ccccc45)ccc32)cc1. The number of aryl methyl sites for hydroxylation is 2. The molecule has 0 saturated carbocycles. The first-order chi connectivity index (χ1) is 30.3. The van der Waals surface area contributed by atoms with Crippen LogP contribution in [0.25, 0.3) is 65.7 Å². The molecule has 0 saturated heterocycles. The molecule has 1 aliphatic rings. The average molecular weight is 794 g/mol. The molecule has 11 rings (SSSR count). The average Bonchev–Trinajstić information content (AvgIpc) is 3.55. The minimum Gasteiger partial charge on any atom is -0.310 e. The molecule has 0 heterocycles. The molecule has 0 bridgehead atoms. The number of fused-ring (bicyclic) bond motifs is 4. The summed E-state index contributed by atoms with van der Waals surface area (Å²) in [5, 5.41) is 7.42. The standard InChI is InChI=1S/C61H47N/c1-40-17-21-45(22-18-40)59-57-34-29-49(39-58(57)61(3,4)60(59)46-23-19-41(2)20-24-46)54-36-35-53(55-15-9-10-16-56(54)55)44-27-30-50(31-28-44)62(51-32-25-42-11-5-7-13-47(42)37-51)52-33-26-43-12-6-8-14-48(43)38-52/h5-39H,1-4H3. The van der Waals surface area contributed by atoms with Crippen molar-refractivity contribution in [2.75, 3.05) is 4.90 Å². The summed E-state index contributed by atoms with van der Waals surface area (Å²) < 4.78 is 0. The van der Waals surface area contributed by atoms with E-state index in [1.54, 1.807) is 0 Å². The van der Waals surface area contributed by atoms with Gasteiger partial charge in [-0.15, -0.1) is 0 Å². The van der Waals surface area contributed by atoms with E-state index in [-0.39, 0.29) is 5.41 Å². The monoisotopic (exact) mass is 793 g/mol. The summed E-state index contributed by atoms with van der Waals surface area (Å²) in [5.41, 5.74) is 18.6. The molecule has 0 fully saturated rings. The van der Waals surface area contributed by atoms with Crippen LogP contribution in [0.1, 0.15) is 47.2 Å². The Balaban J connectivity index is 0.989. The van der Waals surface area contributed by atoms with Gasteiger partial charge in [0.25, 0.3) is 0 Å². The van der Waals surface area contributed by atoms with E-state index in [1.165, 1.54) is 99.1 Å². The second-order valence-corrected chi connectivity index (χ2v) is 17.5. The minimum atomic E-state index is -0.202. The van der Waals surface area contributed by atoms with Gasteiger partial charge >= 0.3 is 0 Å². The van der Waals surface area contributed by atoms with Gasteiger partial charge in [0, 0.05) is 22.5 Å². The van der Waals surface area contributed by atoms with Crippen LogP contribution in [-0.4, -0.2) is 0 Å². The highest BCUT2D eigenvalue weighted by Crippen LogP contribution is 2.54. The van der Waals surface area contributed by atoms with Crippen molar-refractivity contribution in [2.45, 2.75) is 33.1 Å². The van der Waals surface area contributed by atoms with Crippen molar-refractivity contribution in [3.63, 3.8) is 0 Å². The van der Waals surface area contributed by atoms with E-state index in [2.05, 4.69) is 245 Å². The summed E-state index contributed by atoms with van der Waals surface area (Å²) in [6.07, 6.45) is 0. The first-order valence-electron chi connectivity index (χ1n) is 21.7. The lowest BCUT2D eigenvalue weighted by Crippen LogP contribution is -2.16. The molecule has 10 aromatic carbocycles. The number of rotatable bonds is 7. The zero-order chi connectivity index (χ0) is 42.0. The lowest BCUT2D eigenvalue weighted by Gasteiger charge is -2.26. The maximum atomic E-state index is 2.47. The smallest absolute Gasteiger partial charge is 0.0468 e. The fourth-order valence-electron chi connectivity index (χ4n) is 9.95. The Labute approximate surface area is 364 Å². The Kier molecular flexibility index (Phi) is 9.02. The molecule has 62 heavy (non-hydrogen) atoms. The molecule has 1 nitrogen and oxygen atoms in total. The van der Waals surface area contributed by atoms with Crippen molar-refractivity contribution in [2.24, 2.45) is 0 Å². The zero-order valence-corrected chi connectivity index (χ0v) is 35.7. The van der Waals surface area contributed by atoms with Crippen LogP contribution in [0.5, 0.6) is 0 Å². The number of nitrogens with zero attached hydrogens (tertiary/aromatic N) is 1. The Morgan fingerprint density at radius 3 is 1.34 bits per heavy atom. The number of allylic oxidation sites excluding steroid dienone is 1. The highest BCUT2D eigenvalue weighted by atomic mass is 15.1. The molecule has 0 spiro atoms. The van der Waals surface area contributed by atoms with Crippen LogP contribution in [0.15, 0.2) is 212 Å². The molecule has 296 valence electrons. The number of anilines is 3. The van der Waals surface area contributed by atoms with Gasteiger partial charge in [-0.05, 0) is 144 Å². The van der Waals surface area contributed by atoms with Crippen LogP contribution < -0.4 is 4.90 Å². The summed E-state index contributed by atoms with van der Waals surface area (Å²) in [7, 11) is 0. The van der Waals surface area contributed by atoms with Crippen molar-refractivity contribution in [1.29, 1.82) is 0 Å². The molecule has 0 unspecified atom stereocenters. The summed E-state index contributed by atoms with van der Waals surface area (Å²) in [4.78, 5) is 2.38. The normalized spacial score (nSPS) is 13.2. The Morgan fingerprint density at radius 1 is 0.339 bits per heavy atom. The first-order valence-corrected chi connectivity index (χ1v) is 21.7. The van der Waals surface area contributed by atoms with Crippen LogP contribution in [0.3, 0.4) is 0 Å². The van der Waals surface area contributed by atoms with Crippen LogP contribution in [0.4, 0.5) is 17.1 Å². The summed E-state index contributed by atoms with van der Waals surface area (Å²) in [6, 6.07) is 78.7. The van der Waals surface area contributed by atoms with E-state index in [4.69, 9.17) is 0 Å². The predicted molar refractivity (Wildman–Crippen MR) is 266 cm³/mol. The van der Waals surface area contributed by atoms with Crippen LogP contribution in [0.2, 0.25) is 0 Å². The quantitative estimate of drug-likeness (QED) is 0.155. The molecular weight excluding hydrogens is 747 g/mol. The maximum Gasteiger partial charge on any atom is 0.0468 e. The zero-order valence-electron chi connectivity index (χ0n) is 35.7. The lowest BCUT2D eigenvalue weighted by molar-refractivity contribution is 0.704. The second-order valence-electron chi connectivity index (χ2n) is 17.5. The number of hydrogen-bond donors (Lipinski definition) is 0. The van der Waals surface area contributed by atoms with Gasteiger partial charge in [-0.25, -0.2) is 0 Å². The molecule has 0 radical (unpaired) electrons. The maximum absolute atomic E-state index is 2.47. The van der Waals surface area contributed by atoms with Gasteiger partial charge < -0.3 is 4.90 Å². The topological polar surface area (TPSA) is 3.24 Å². The molecule has 1 aliphatic carbocycles. The van der Waals surface area contributed by atoms with Gasteiger partial charge in [-0.2, -0.15) is 0 Å². The Hall–Kier alpha value is -7.48. The minimum absolute atomic E-state index is 0.202. The van der Waals surface area contributed by atoms with Gasteiger partial charge in [0.1, 0.15) is 0 Å². The first kappa shape index (κ1) is 37.5. The van der Waals surface area contributed by atoms with E-state index < -0.39 is 0 Å². The van der Waals surface area contributed by atoms with Crippen molar-refractivity contribution in [3.8, 4) is 22.3 Å². The van der Waals surface area contributed by atoms with Gasteiger partial charge in [-0.3, -0.25) is 0 Å². The summed E-state index contributed by atoms with van der Waals surface area (Å²) in [6.45, 7) is 9.13. The van der Waals surface area contributed by atoms with Crippen molar-refractivity contribution >= 4 is 60.5 Å². The van der Waals surface area contributed by atoms with Gasteiger partial charge in [-0.1, -0.05) is 195 Å². The third-order valence-corrected chi connectivity index (χ3v) is 13.2. The summed E-state index contributed by atoms with van der Waals surface area (Å²) >= 11 is 0. The molecular formula is C61H47N. The van der Waals surface area contributed by atoms with Crippen LogP contribution in [0, 0.1) is 13.8 Å². The fourth-order valence-corrected chi connectivity index (χ4v) is 9.95. The van der Waals surface area contributed by atoms with Crippen LogP contribution >= 0.6 is 0 Å². The van der Waals surface area contributed by atoms with Gasteiger partial charge in [0.15, 0.2) is 0 Å². The van der Waals surface area contributed by atoms with E-state index >= 15 is 0 Å².